The van der Waals surface area contributed by atoms with Gasteiger partial charge in [0, 0.05) is 39.3 Å². The Morgan fingerprint density at radius 1 is 1.18 bits per heavy atom. The summed E-state index contributed by atoms with van der Waals surface area (Å²) < 4.78 is 18.3. The number of tetrazole rings is 1. The normalized spacial score (nSPS) is 19.1. The maximum Gasteiger partial charge on any atom is 0.233 e. The summed E-state index contributed by atoms with van der Waals surface area (Å²) in [5.74, 6) is 1.94. The fraction of sp³-hybridized carbons (Fsp3) is 0.636. The largest absolute Gasteiger partial charge is 0.493 e. The van der Waals surface area contributed by atoms with Crippen LogP contribution in [0.15, 0.2) is 17.3 Å². The third-order valence-corrected chi connectivity index (χ3v) is 7.13. The lowest BCUT2D eigenvalue weighted by Crippen LogP contribution is -2.48. The molecule has 0 unspecified atom stereocenters. The zero-order valence-corrected chi connectivity index (χ0v) is 20.3. The first kappa shape index (κ1) is 23.8. The lowest BCUT2D eigenvalue weighted by molar-refractivity contribution is -0.130. The molecule has 10 nitrogen and oxygen atoms in total. The summed E-state index contributed by atoms with van der Waals surface area (Å²) in [4.78, 5) is 17.1. The molecule has 1 atom stereocenters. The van der Waals surface area contributed by atoms with Gasteiger partial charge in [-0.1, -0.05) is 11.8 Å². The van der Waals surface area contributed by atoms with Gasteiger partial charge in [-0.05, 0) is 53.5 Å². The maximum atomic E-state index is 12.8. The molecule has 2 fully saturated rings. The molecule has 33 heavy (non-hydrogen) atoms. The Kier molecular flexibility index (Phi) is 8.05. The van der Waals surface area contributed by atoms with Crippen LogP contribution in [-0.4, -0.2) is 94.8 Å². The first-order chi connectivity index (χ1) is 16.1. The zero-order chi connectivity index (χ0) is 23.2. The Bertz CT molecular complexity index is 941. The summed E-state index contributed by atoms with van der Waals surface area (Å²) in [6.07, 6.45) is 2.26. The number of methoxy groups -OCH3 is 2. The number of benzene rings is 1. The van der Waals surface area contributed by atoms with Gasteiger partial charge in [-0.2, -0.15) is 0 Å². The van der Waals surface area contributed by atoms with Gasteiger partial charge in [-0.25, -0.2) is 4.68 Å². The van der Waals surface area contributed by atoms with Crippen molar-refractivity contribution in [2.75, 3.05) is 52.8 Å². The average molecular weight is 477 g/mol. The topological polar surface area (TPSA) is 94.8 Å². The fourth-order valence-corrected chi connectivity index (χ4v) is 4.99. The predicted molar refractivity (Wildman–Crippen MR) is 124 cm³/mol. The fourth-order valence-electron chi connectivity index (χ4n) is 4.20. The molecule has 0 N–H and O–H groups in total. The summed E-state index contributed by atoms with van der Waals surface area (Å²) >= 11 is 1.39. The van der Waals surface area contributed by atoms with Crippen molar-refractivity contribution in [2.24, 2.45) is 0 Å². The highest BCUT2D eigenvalue weighted by Gasteiger charge is 2.24. The SMILES string of the molecule is COc1cc(C)c(CN2CCN(C(=O)CSc3nnnn3C[C@@H]3CCCO3)CC2)cc1OC. The van der Waals surface area contributed by atoms with Crippen molar-refractivity contribution in [3.8, 4) is 11.5 Å². The molecule has 11 heteroatoms. The molecule has 0 saturated carbocycles. The number of thioether (sulfide) groups is 1. The zero-order valence-electron chi connectivity index (χ0n) is 19.5. The van der Waals surface area contributed by atoms with E-state index in [0.717, 1.165) is 50.6 Å². The van der Waals surface area contributed by atoms with Gasteiger partial charge in [0.05, 0.1) is 32.6 Å². The lowest BCUT2D eigenvalue weighted by Gasteiger charge is -2.35. The van der Waals surface area contributed by atoms with Crippen LogP contribution in [0.3, 0.4) is 0 Å². The number of amides is 1. The molecule has 4 rings (SSSR count). The van der Waals surface area contributed by atoms with E-state index in [-0.39, 0.29) is 12.0 Å². The van der Waals surface area contributed by atoms with E-state index >= 15 is 0 Å². The van der Waals surface area contributed by atoms with E-state index in [1.54, 1.807) is 18.9 Å². The molecule has 0 spiro atoms. The number of hydrogen-bond donors (Lipinski definition) is 0. The highest BCUT2D eigenvalue weighted by atomic mass is 32.2. The number of aromatic nitrogens is 4. The molecule has 0 radical (unpaired) electrons. The summed E-state index contributed by atoms with van der Waals surface area (Å²) in [5, 5.41) is 12.6. The molecule has 2 aliphatic rings. The van der Waals surface area contributed by atoms with Crippen molar-refractivity contribution >= 4 is 17.7 Å². The highest BCUT2D eigenvalue weighted by molar-refractivity contribution is 7.99. The first-order valence-electron chi connectivity index (χ1n) is 11.3. The molecule has 2 saturated heterocycles. The number of nitrogens with zero attached hydrogens (tertiary/aromatic N) is 6. The van der Waals surface area contributed by atoms with Gasteiger partial charge >= 0.3 is 0 Å². The van der Waals surface area contributed by atoms with E-state index in [9.17, 15) is 4.79 Å². The summed E-state index contributed by atoms with van der Waals surface area (Å²) in [7, 11) is 3.30. The molecule has 2 aromatic rings. The van der Waals surface area contributed by atoms with Gasteiger partial charge in [-0.15, -0.1) is 5.10 Å². The third-order valence-electron chi connectivity index (χ3n) is 6.19. The van der Waals surface area contributed by atoms with E-state index in [4.69, 9.17) is 14.2 Å². The van der Waals surface area contributed by atoms with Gasteiger partial charge < -0.3 is 19.1 Å². The summed E-state index contributed by atoms with van der Waals surface area (Å²) in [6, 6.07) is 4.06. The number of aryl methyl sites for hydroxylation is 1. The minimum atomic E-state index is 0.119. The second kappa shape index (κ2) is 11.2. The van der Waals surface area contributed by atoms with Crippen molar-refractivity contribution in [2.45, 2.75) is 44.1 Å². The van der Waals surface area contributed by atoms with Crippen LogP contribution in [0.25, 0.3) is 0 Å². The van der Waals surface area contributed by atoms with Crippen molar-refractivity contribution in [1.82, 2.24) is 30.0 Å². The van der Waals surface area contributed by atoms with Crippen molar-refractivity contribution < 1.29 is 19.0 Å². The number of carbonyl (C=O) groups excluding carboxylic acids is 1. The monoisotopic (exact) mass is 476 g/mol. The molecule has 180 valence electrons. The van der Waals surface area contributed by atoms with Crippen LogP contribution < -0.4 is 9.47 Å². The van der Waals surface area contributed by atoms with Crippen LogP contribution in [-0.2, 0) is 22.6 Å². The highest BCUT2D eigenvalue weighted by Crippen LogP contribution is 2.31. The van der Waals surface area contributed by atoms with Crippen molar-refractivity contribution in [1.29, 1.82) is 0 Å². The number of rotatable bonds is 9. The predicted octanol–water partition coefficient (Wildman–Crippen LogP) is 1.61. The second-order valence-electron chi connectivity index (χ2n) is 8.36. The van der Waals surface area contributed by atoms with E-state index < -0.39 is 0 Å². The van der Waals surface area contributed by atoms with Gasteiger partial charge in [0.1, 0.15) is 0 Å². The van der Waals surface area contributed by atoms with Gasteiger partial charge in [0.2, 0.25) is 11.1 Å². The van der Waals surface area contributed by atoms with Gasteiger partial charge in [0.25, 0.3) is 0 Å². The molecule has 1 amide bonds. The first-order valence-corrected chi connectivity index (χ1v) is 12.3. The number of ether oxygens (including phenoxy) is 3. The molecule has 1 aromatic carbocycles. The third kappa shape index (κ3) is 5.96. The minimum absolute atomic E-state index is 0.119. The van der Waals surface area contributed by atoms with Gasteiger partial charge in [-0.3, -0.25) is 9.69 Å². The van der Waals surface area contributed by atoms with Crippen LogP contribution >= 0.6 is 11.8 Å². The summed E-state index contributed by atoms with van der Waals surface area (Å²) in [6.45, 7) is 7.44. The van der Waals surface area contributed by atoms with E-state index in [0.29, 0.717) is 30.5 Å². The number of piperazine rings is 1. The Morgan fingerprint density at radius 2 is 1.94 bits per heavy atom. The molecule has 2 aliphatic heterocycles. The second-order valence-corrected chi connectivity index (χ2v) is 9.30. The van der Waals surface area contributed by atoms with E-state index in [1.165, 1.54) is 22.9 Å². The van der Waals surface area contributed by atoms with Crippen LogP contribution in [0.1, 0.15) is 24.0 Å². The van der Waals surface area contributed by atoms with Crippen LogP contribution in [0.2, 0.25) is 0 Å². The Hall–Kier alpha value is -2.37. The Morgan fingerprint density at radius 3 is 2.64 bits per heavy atom. The van der Waals surface area contributed by atoms with Crippen LogP contribution in [0.4, 0.5) is 0 Å². The Labute approximate surface area is 198 Å². The summed E-state index contributed by atoms with van der Waals surface area (Å²) in [5.41, 5.74) is 2.38. The molecular formula is C22H32N6O4S. The lowest BCUT2D eigenvalue weighted by atomic mass is 10.1. The van der Waals surface area contributed by atoms with Crippen LogP contribution in [0, 0.1) is 6.92 Å². The average Bonchev–Trinajstić information content (AvgIpc) is 3.51. The molecule has 1 aromatic heterocycles. The molecule has 0 aliphatic carbocycles. The Balaban J connectivity index is 1.25. The maximum absolute atomic E-state index is 12.8. The van der Waals surface area contributed by atoms with Gasteiger partial charge in [0.15, 0.2) is 11.5 Å². The molecular weight excluding hydrogens is 444 g/mol. The standard InChI is InChI=1S/C22H32N6O4S/c1-16-11-19(30-2)20(31-3)12-17(16)13-26-6-8-27(9-7-26)21(29)15-33-22-23-24-25-28(22)14-18-5-4-10-32-18/h11-12,18H,4-10,13-15H2,1-3H3/t18-/m0/s1. The number of hydrogen-bond acceptors (Lipinski definition) is 9. The van der Waals surface area contributed by atoms with Crippen molar-refractivity contribution in [3.05, 3.63) is 23.3 Å². The smallest absolute Gasteiger partial charge is 0.233 e. The quantitative estimate of drug-likeness (QED) is 0.500. The minimum Gasteiger partial charge on any atom is -0.493 e. The van der Waals surface area contributed by atoms with E-state index in [1.807, 2.05) is 17.0 Å². The number of carbonyl (C=O) groups is 1. The van der Waals surface area contributed by atoms with Crippen molar-refractivity contribution in [3.63, 3.8) is 0 Å². The molecule has 3 heterocycles. The molecule has 0 bridgehead atoms. The van der Waals surface area contributed by atoms with E-state index in [2.05, 4.69) is 27.3 Å². The van der Waals surface area contributed by atoms with Crippen LogP contribution in [0.5, 0.6) is 11.5 Å².